The standard InChI is InChI=1S/C19H16Cl2N2S/c1-24-14-6-4-12(5-7-14)19-17-3-2-8-23(17)18-10-13(20)9-16(21)15(18)11-22-19/h2-10,19,22H,11H2,1H3. The average Bonchev–Trinajstić information content (AvgIpc) is 3.00. The molecule has 1 aliphatic rings. The number of aromatic nitrogens is 1. The molecule has 0 saturated carbocycles. The molecule has 0 bridgehead atoms. The van der Waals surface area contributed by atoms with Gasteiger partial charge in [-0.25, -0.2) is 0 Å². The summed E-state index contributed by atoms with van der Waals surface area (Å²) in [7, 11) is 0. The van der Waals surface area contributed by atoms with Crippen LogP contribution in [-0.2, 0) is 6.54 Å². The zero-order valence-corrected chi connectivity index (χ0v) is 15.4. The minimum atomic E-state index is 0.109. The molecular weight excluding hydrogens is 359 g/mol. The second kappa shape index (κ2) is 6.49. The van der Waals surface area contributed by atoms with Crippen molar-refractivity contribution in [1.29, 1.82) is 0 Å². The zero-order valence-electron chi connectivity index (χ0n) is 13.1. The topological polar surface area (TPSA) is 17.0 Å². The predicted octanol–water partition coefficient (Wildman–Crippen LogP) is 5.70. The minimum absolute atomic E-state index is 0.109. The number of fused-ring (bicyclic) bond motifs is 3. The third-order valence-corrected chi connectivity index (χ3v) is 5.70. The van der Waals surface area contributed by atoms with Gasteiger partial charge in [0.25, 0.3) is 0 Å². The fourth-order valence-electron chi connectivity index (χ4n) is 3.22. The third-order valence-electron chi connectivity index (χ3n) is 4.40. The number of benzene rings is 2. The number of hydrogen-bond donors (Lipinski definition) is 1. The summed E-state index contributed by atoms with van der Waals surface area (Å²) in [6, 6.07) is 16.8. The Morgan fingerprint density at radius 2 is 1.92 bits per heavy atom. The molecule has 0 radical (unpaired) electrons. The molecule has 2 heterocycles. The number of hydrogen-bond acceptors (Lipinski definition) is 2. The van der Waals surface area contributed by atoms with Crippen LogP contribution in [0.25, 0.3) is 5.69 Å². The first kappa shape index (κ1) is 16.1. The summed E-state index contributed by atoms with van der Waals surface area (Å²) >= 11 is 14.4. The normalized spacial score (nSPS) is 16.4. The van der Waals surface area contributed by atoms with Crippen LogP contribution in [0.4, 0.5) is 0 Å². The highest BCUT2D eigenvalue weighted by Gasteiger charge is 2.24. The molecule has 1 N–H and O–H groups in total. The van der Waals surface area contributed by atoms with Gasteiger partial charge in [-0.1, -0.05) is 35.3 Å². The number of thioether (sulfide) groups is 1. The first-order chi connectivity index (χ1) is 11.7. The van der Waals surface area contributed by atoms with Gasteiger partial charge in [-0.2, -0.15) is 0 Å². The van der Waals surface area contributed by atoms with E-state index >= 15 is 0 Å². The Hall–Kier alpha value is -1.39. The lowest BCUT2D eigenvalue weighted by Gasteiger charge is -2.18. The Kier molecular flexibility index (Phi) is 4.35. The van der Waals surface area contributed by atoms with Gasteiger partial charge in [0.15, 0.2) is 0 Å². The minimum Gasteiger partial charge on any atom is -0.319 e. The summed E-state index contributed by atoms with van der Waals surface area (Å²) in [6.07, 6.45) is 4.16. The van der Waals surface area contributed by atoms with Gasteiger partial charge in [0, 0.05) is 38.9 Å². The first-order valence-electron chi connectivity index (χ1n) is 7.70. The van der Waals surface area contributed by atoms with Gasteiger partial charge in [-0.3, -0.25) is 0 Å². The maximum Gasteiger partial charge on any atom is 0.0737 e. The first-order valence-corrected chi connectivity index (χ1v) is 9.68. The lowest BCUT2D eigenvalue weighted by molar-refractivity contribution is 0.601. The molecule has 1 atom stereocenters. The van der Waals surface area contributed by atoms with Gasteiger partial charge in [-0.15, -0.1) is 11.8 Å². The van der Waals surface area contributed by atoms with Gasteiger partial charge in [0.05, 0.1) is 11.7 Å². The highest BCUT2D eigenvalue weighted by Crippen LogP contribution is 2.35. The smallest absolute Gasteiger partial charge is 0.0737 e. The van der Waals surface area contributed by atoms with E-state index in [2.05, 4.69) is 58.7 Å². The van der Waals surface area contributed by atoms with Gasteiger partial charge >= 0.3 is 0 Å². The van der Waals surface area contributed by atoms with Gasteiger partial charge in [0.1, 0.15) is 0 Å². The molecule has 0 amide bonds. The fourth-order valence-corrected chi connectivity index (χ4v) is 4.18. The van der Waals surface area contributed by atoms with Crippen LogP contribution in [0.3, 0.4) is 0 Å². The van der Waals surface area contributed by atoms with E-state index in [1.165, 1.54) is 16.2 Å². The molecule has 122 valence electrons. The maximum atomic E-state index is 6.45. The predicted molar refractivity (Wildman–Crippen MR) is 103 cm³/mol. The number of nitrogens with one attached hydrogen (secondary N) is 1. The van der Waals surface area contributed by atoms with Crippen molar-refractivity contribution in [3.05, 3.63) is 81.6 Å². The van der Waals surface area contributed by atoms with E-state index in [-0.39, 0.29) is 6.04 Å². The lowest BCUT2D eigenvalue weighted by atomic mass is 10.0. The summed E-state index contributed by atoms with van der Waals surface area (Å²) < 4.78 is 2.18. The summed E-state index contributed by atoms with van der Waals surface area (Å²) in [5, 5.41) is 4.99. The molecule has 2 aromatic carbocycles. The molecule has 0 fully saturated rings. The van der Waals surface area contributed by atoms with Crippen LogP contribution in [0.1, 0.15) is 22.9 Å². The molecule has 1 unspecified atom stereocenters. The van der Waals surface area contributed by atoms with E-state index in [1.807, 2.05) is 6.07 Å². The second-order valence-electron chi connectivity index (χ2n) is 5.78. The quantitative estimate of drug-likeness (QED) is 0.579. The lowest BCUT2D eigenvalue weighted by Crippen LogP contribution is -2.21. The molecule has 2 nitrogen and oxygen atoms in total. The van der Waals surface area contributed by atoms with Crippen LogP contribution >= 0.6 is 35.0 Å². The summed E-state index contributed by atoms with van der Waals surface area (Å²) in [5.41, 5.74) is 4.54. The molecule has 24 heavy (non-hydrogen) atoms. The van der Waals surface area contributed by atoms with E-state index in [4.69, 9.17) is 23.2 Å². The van der Waals surface area contributed by atoms with Crippen molar-refractivity contribution in [3.8, 4) is 5.69 Å². The Morgan fingerprint density at radius 3 is 2.67 bits per heavy atom. The average molecular weight is 375 g/mol. The molecule has 0 saturated heterocycles. The molecular formula is C19H16Cl2N2S. The van der Waals surface area contributed by atoms with Crippen LogP contribution in [0.2, 0.25) is 10.0 Å². The SMILES string of the molecule is CSc1ccc(C2NCc3c(Cl)cc(Cl)cc3-n3cccc32)cc1. The number of nitrogens with zero attached hydrogens (tertiary/aromatic N) is 1. The van der Waals surface area contributed by atoms with Crippen LogP contribution < -0.4 is 5.32 Å². The largest absolute Gasteiger partial charge is 0.319 e. The van der Waals surface area contributed by atoms with E-state index in [1.54, 1.807) is 17.8 Å². The Balaban J connectivity index is 1.83. The zero-order chi connectivity index (χ0) is 16.7. The molecule has 1 aliphatic heterocycles. The van der Waals surface area contributed by atoms with Crippen molar-refractivity contribution >= 4 is 35.0 Å². The molecule has 4 rings (SSSR count). The maximum absolute atomic E-state index is 6.45. The molecule has 0 spiro atoms. The number of rotatable bonds is 2. The molecule has 0 aliphatic carbocycles. The molecule has 1 aromatic heterocycles. The van der Waals surface area contributed by atoms with Gasteiger partial charge in [-0.05, 0) is 48.2 Å². The molecule has 3 aromatic rings. The monoisotopic (exact) mass is 374 g/mol. The Labute approximate surface area is 155 Å². The van der Waals surface area contributed by atoms with E-state index in [0.29, 0.717) is 16.6 Å². The van der Waals surface area contributed by atoms with Crippen molar-refractivity contribution in [2.24, 2.45) is 0 Å². The third kappa shape index (κ3) is 2.76. The Morgan fingerprint density at radius 1 is 1.12 bits per heavy atom. The van der Waals surface area contributed by atoms with Gasteiger partial charge < -0.3 is 9.88 Å². The van der Waals surface area contributed by atoms with Crippen molar-refractivity contribution in [1.82, 2.24) is 9.88 Å². The summed E-state index contributed by atoms with van der Waals surface area (Å²) in [6.45, 7) is 0.696. The highest BCUT2D eigenvalue weighted by atomic mass is 35.5. The van der Waals surface area contributed by atoms with Crippen LogP contribution in [0, 0.1) is 0 Å². The van der Waals surface area contributed by atoms with Gasteiger partial charge in [0.2, 0.25) is 0 Å². The van der Waals surface area contributed by atoms with E-state index < -0.39 is 0 Å². The number of halogens is 2. The van der Waals surface area contributed by atoms with Crippen LogP contribution in [-0.4, -0.2) is 10.8 Å². The van der Waals surface area contributed by atoms with Crippen molar-refractivity contribution in [2.45, 2.75) is 17.5 Å². The second-order valence-corrected chi connectivity index (χ2v) is 7.50. The van der Waals surface area contributed by atoms with Crippen molar-refractivity contribution in [3.63, 3.8) is 0 Å². The van der Waals surface area contributed by atoms with Crippen LogP contribution in [0.15, 0.2) is 59.6 Å². The summed E-state index contributed by atoms with van der Waals surface area (Å²) in [5.74, 6) is 0. The van der Waals surface area contributed by atoms with Crippen molar-refractivity contribution in [2.75, 3.05) is 6.26 Å². The van der Waals surface area contributed by atoms with Crippen molar-refractivity contribution < 1.29 is 0 Å². The summed E-state index contributed by atoms with van der Waals surface area (Å²) in [4.78, 5) is 1.26. The van der Waals surface area contributed by atoms with E-state index in [9.17, 15) is 0 Å². The highest BCUT2D eigenvalue weighted by molar-refractivity contribution is 7.98. The van der Waals surface area contributed by atoms with E-state index in [0.717, 1.165) is 11.3 Å². The molecule has 5 heteroatoms. The van der Waals surface area contributed by atoms with Crippen LogP contribution in [0.5, 0.6) is 0 Å². The fraction of sp³-hybridized carbons (Fsp3) is 0.158. The Bertz CT molecular complexity index is 887.